The highest BCUT2D eigenvalue weighted by atomic mass is 16.5. The first-order chi connectivity index (χ1) is 12.8. The van der Waals surface area contributed by atoms with E-state index < -0.39 is 0 Å². The number of nitrogens with one attached hydrogen (secondary N) is 1. The zero-order valence-electron chi connectivity index (χ0n) is 14.7. The minimum Gasteiger partial charge on any atom is -0.366 e. The van der Waals surface area contributed by atoms with Gasteiger partial charge in [0.2, 0.25) is 5.95 Å². The van der Waals surface area contributed by atoms with E-state index >= 15 is 0 Å². The third-order valence-electron chi connectivity index (χ3n) is 4.79. The van der Waals surface area contributed by atoms with Gasteiger partial charge < -0.3 is 19.9 Å². The Hall–Kier alpha value is -2.51. The van der Waals surface area contributed by atoms with Gasteiger partial charge in [-0.2, -0.15) is 0 Å². The molecule has 1 aromatic carbocycles. The van der Waals surface area contributed by atoms with E-state index in [2.05, 4.69) is 15.2 Å². The molecule has 4 rings (SSSR count). The molecule has 0 bridgehead atoms. The Bertz CT molecular complexity index is 741. The molecule has 1 unspecified atom stereocenters. The van der Waals surface area contributed by atoms with Crippen LogP contribution < -0.4 is 10.2 Å². The molecule has 2 aliphatic heterocycles. The number of aromatic nitrogens is 2. The Morgan fingerprint density at radius 1 is 1.12 bits per heavy atom. The number of anilines is 1. The summed E-state index contributed by atoms with van der Waals surface area (Å²) in [6, 6.07) is 12.0. The number of morpholine rings is 1. The van der Waals surface area contributed by atoms with Gasteiger partial charge in [-0.3, -0.25) is 4.79 Å². The van der Waals surface area contributed by atoms with Crippen molar-refractivity contribution in [1.29, 1.82) is 0 Å². The lowest BCUT2D eigenvalue weighted by Gasteiger charge is -2.37. The van der Waals surface area contributed by atoms with Gasteiger partial charge in [-0.05, 0) is 6.07 Å². The number of ether oxygens (including phenoxy) is 1. The fourth-order valence-corrected chi connectivity index (χ4v) is 3.32. The molecule has 0 saturated carbocycles. The van der Waals surface area contributed by atoms with Crippen LogP contribution in [0.4, 0.5) is 5.95 Å². The fraction of sp³-hybridized carbons (Fsp3) is 0.421. The topological polar surface area (TPSA) is 70.6 Å². The molecule has 1 N–H and O–H groups in total. The molecule has 7 nitrogen and oxygen atoms in total. The number of carbonyl (C=O) groups is 1. The lowest BCUT2D eigenvalue weighted by atomic mass is 10.1. The van der Waals surface area contributed by atoms with Gasteiger partial charge in [-0.25, -0.2) is 9.97 Å². The number of rotatable bonds is 3. The van der Waals surface area contributed by atoms with Crippen molar-refractivity contribution in [1.82, 2.24) is 20.2 Å². The van der Waals surface area contributed by atoms with E-state index in [9.17, 15) is 4.79 Å². The van der Waals surface area contributed by atoms with E-state index in [1.807, 2.05) is 41.3 Å². The maximum atomic E-state index is 12.5. The fourth-order valence-electron chi connectivity index (χ4n) is 3.32. The summed E-state index contributed by atoms with van der Waals surface area (Å²) in [5.41, 5.74) is 1.99. The van der Waals surface area contributed by atoms with Crippen molar-refractivity contribution >= 4 is 11.9 Å². The maximum absolute atomic E-state index is 12.5. The molecular formula is C19H23N5O2. The second-order valence-electron chi connectivity index (χ2n) is 6.48. The molecule has 1 aromatic heterocycles. The van der Waals surface area contributed by atoms with Crippen molar-refractivity contribution in [3.05, 3.63) is 42.6 Å². The molecule has 0 spiro atoms. The van der Waals surface area contributed by atoms with Crippen molar-refractivity contribution in [2.24, 2.45) is 0 Å². The zero-order chi connectivity index (χ0) is 17.8. The summed E-state index contributed by atoms with van der Waals surface area (Å²) in [6.45, 7) is 4.79. The monoisotopic (exact) mass is 353 g/mol. The van der Waals surface area contributed by atoms with Crippen LogP contribution in [0.3, 0.4) is 0 Å². The van der Waals surface area contributed by atoms with E-state index in [1.54, 1.807) is 6.20 Å². The minimum atomic E-state index is -0.354. The molecule has 2 fully saturated rings. The van der Waals surface area contributed by atoms with Crippen LogP contribution in [0.5, 0.6) is 0 Å². The summed E-state index contributed by atoms with van der Waals surface area (Å²) in [5, 5.41) is 3.21. The van der Waals surface area contributed by atoms with Crippen molar-refractivity contribution < 1.29 is 9.53 Å². The van der Waals surface area contributed by atoms with E-state index in [4.69, 9.17) is 9.72 Å². The molecule has 1 atom stereocenters. The highest BCUT2D eigenvalue weighted by molar-refractivity contribution is 5.81. The van der Waals surface area contributed by atoms with Crippen LogP contribution in [0.1, 0.15) is 0 Å². The van der Waals surface area contributed by atoms with Crippen LogP contribution in [0.15, 0.2) is 42.6 Å². The van der Waals surface area contributed by atoms with E-state index in [-0.39, 0.29) is 12.0 Å². The zero-order valence-corrected chi connectivity index (χ0v) is 14.7. The molecule has 136 valence electrons. The summed E-state index contributed by atoms with van der Waals surface area (Å²) < 4.78 is 5.58. The lowest BCUT2D eigenvalue weighted by Crippen LogP contribution is -2.55. The van der Waals surface area contributed by atoms with Crippen molar-refractivity contribution in [3.8, 4) is 11.3 Å². The van der Waals surface area contributed by atoms with Crippen LogP contribution >= 0.6 is 0 Å². The average Bonchev–Trinajstić information content (AvgIpc) is 2.75. The average molecular weight is 353 g/mol. The number of carbonyl (C=O) groups excluding carboxylic acids is 1. The summed E-state index contributed by atoms with van der Waals surface area (Å²) in [4.78, 5) is 25.7. The first kappa shape index (κ1) is 16.9. The minimum absolute atomic E-state index is 0.0794. The van der Waals surface area contributed by atoms with Crippen LogP contribution in [0.25, 0.3) is 11.3 Å². The third kappa shape index (κ3) is 3.68. The quantitative estimate of drug-likeness (QED) is 0.879. The van der Waals surface area contributed by atoms with Crippen molar-refractivity contribution in [2.45, 2.75) is 6.10 Å². The third-order valence-corrected chi connectivity index (χ3v) is 4.79. The molecule has 1 amide bonds. The highest BCUT2D eigenvalue weighted by Crippen LogP contribution is 2.19. The Balaban J connectivity index is 1.39. The summed E-state index contributed by atoms with van der Waals surface area (Å²) in [6.07, 6.45) is 1.44. The first-order valence-corrected chi connectivity index (χ1v) is 9.06. The van der Waals surface area contributed by atoms with E-state index in [1.165, 1.54) is 0 Å². The molecule has 3 heterocycles. The Morgan fingerprint density at radius 2 is 1.92 bits per heavy atom. The predicted octanol–water partition coefficient (Wildman–Crippen LogP) is 0.781. The van der Waals surface area contributed by atoms with Gasteiger partial charge in [0.1, 0.15) is 6.10 Å². The maximum Gasteiger partial charge on any atom is 0.253 e. The van der Waals surface area contributed by atoms with Crippen LogP contribution in [-0.4, -0.2) is 72.8 Å². The first-order valence-electron chi connectivity index (χ1n) is 9.06. The molecule has 2 saturated heterocycles. The molecule has 0 radical (unpaired) electrons. The van der Waals surface area contributed by atoms with Gasteiger partial charge in [0.05, 0.1) is 12.3 Å². The smallest absolute Gasteiger partial charge is 0.253 e. The second kappa shape index (κ2) is 7.80. The molecule has 26 heavy (non-hydrogen) atoms. The molecule has 0 aliphatic carbocycles. The molecule has 2 aromatic rings. The number of hydrogen-bond acceptors (Lipinski definition) is 6. The van der Waals surface area contributed by atoms with Crippen LogP contribution in [-0.2, 0) is 9.53 Å². The Kier molecular flexibility index (Phi) is 5.08. The number of hydrogen-bond donors (Lipinski definition) is 1. The molecule has 2 aliphatic rings. The number of nitrogens with zero attached hydrogens (tertiary/aromatic N) is 4. The summed E-state index contributed by atoms with van der Waals surface area (Å²) >= 11 is 0. The number of amides is 1. The van der Waals surface area contributed by atoms with Crippen LogP contribution in [0.2, 0.25) is 0 Å². The van der Waals surface area contributed by atoms with Crippen molar-refractivity contribution in [2.75, 3.05) is 50.8 Å². The van der Waals surface area contributed by atoms with Gasteiger partial charge >= 0.3 is 0 Å². The van der Waals surface area contributed by atoms with Crippen molar-refractivity contribution in [3.63, 3.8) is 0 Å². The van der Waals surface area contributed by atoms with Gasteiger partial charge in [-0.15, -0.1) is 0 Å². The van der Waals surface area contributed by atoms with E-state index in [0.29, 0.717) is 32.2 Å². The largest absolute Gasteiger partial charge is 0.366 e. The standard InChI is InChI=1S/C19H23N5O2/c25-18(17-14-20-8-13-26-17)23-9-11-24(12-10-23)19-21-7-6-16(22-19)15-4-2-1-3-5-15/h1-7,17,20H,8-14H2. The molecule has 7 heteroatoms. The SMILES string of the molecule is O=C(C1CNCCO1)N1CCN(c2nccc(-c3ccccc3)n2)CC1. The van der Waals surface area contributed by atoms with Gasteiger partial charge in [0, 0.05) is 51.0 Å². The number of piperazine rings is 1. The highest BCUT2D eigenvalue weighted by Gasteiger charge is 2.29. The summed E-state index contributed by atoms with van der Waals surface area (Å²) in [7, 11) is 0. The van der Waals surface area contributed by atoms with Gasteiger partial charge in [-0.1, -0.05) is 30.3 Å². The lowest BCUT2D eigenvalue weighted by molar-refractivity contribution is -0.145. The number of benzene rings is 1. The normalized spacial score (nSPS) is 20.8. The van der Waals surface area contributed by atoms with Crippen LogP contribution in [0, 0.1) is 0 Å². The van der Waals surface area contributed by atoms with Gasteiger partial charge in [0.15, 0.2) is 0 Å². The van der Waals surface area contributed by atoms with E-state index in [0.717, 1.165) is 30.9 Å². The molecular weight excluding hydrogens is 330 g/mol. The van der Waals surface area contributed by atoms with Gasteiger partial charge in [0.25, 0.3) is 5.91 Å². The predicted molar refractivity (Wildman–Crippen MR) is 98.9 cm³/mol. The summed E-state index contributed by atoms with van der Waals surface area (Å²) in [5.74, 6) is 0.796. The Labute approximate surface area is 153 Å². The second-order valence-corrected chi connectivity index (χ2v) is 6.48. The Morgan fingerprint density at radius 3 is 2.65 bits per heavy atom.